The smallest absolute Gasteiger partial charge is 0.267 e. The molecular weight excluding hydrogens is 252 g/mol. The van der Waals surface area contributed by atoms with Crippen LogP contribution in [0.4, 0.5) is 0 Å². The third-order valence-electron chi connectivity index (χ3n) is 2.57. The van der Waals surface area contributed by atoms with E-state index in [1.54, 1.807) is 31.4 Å². The molecule has 0 atom stereocenters. The van der Waals surface area contributed by atoms with Crippen molar-refractivity contribution in [2.24, 2.45) is 0 Å². The average molecular weight is 265 g/mol. The highest BCUT2D eigenvalue weighted by atomic mass is 35.5. The van der Waals surface area contributed by atoms with E-state index in [9.17, 15) is 4.79 Å². The van der Waals surface area contributed by atoms with Crippen molar-refractivity contribution in [1.82, 2.24) is 9.78 Å². The Morgan fingerprint density at radius 1 is 1.33 bits per heavy atom. The molecule has 4 nitrogen and oxygen atoms in total. The molecule has 5 heteroatoms. The van der Waals surface area contributed by atoms with Crippen LogP contribution in [0.2, 0.25) is 5.02 Å². The van der Waals surface area contributed by atoms with Gasteiger partial charge in [-0.1, -0.05) is 11.6 Å². The summed E-state index contributed by atoms with van der Waals surface area (Å²) >= 11 is 6.10. The molecule has 2 rings (SSSR count). The van der Waals surface area contributed by atoms with E-state index in [1.807, 2.05) is 6.92 Å². The molecule has 0 saturated carbocycles. The third kappa shape index (κ3) is 2.71. The van der Waals surface area contributed by atoms with E-state index in [1.165, 1.54) is 10.7 Å². The summed E-state index contributed by atoms with van der Waals surface area (Å²) in [5.41, 5.74) is 1.43. The molecule has 0 N–H and O–H groups in total. The minimum absolute atomic E-state index is 0.153. The number of nitrogens with zero attached hydrogens (tertiary/aromatic N) is 2. The predicted octanol–water partition coefficient (Wildman–Crippen LogP) is 2.26. The molecule has 0 saturated heterocycles. The van der Waals surface area contributed by atoms with Gasteiger partial charge in [0.15, 0.2) is 0 Å². The molecule has 0 aliphatic heterocycles. The summed E-state index contributed by atoms with van der Waals surface area (Å²) in [5.74, 6) is 0.704. The zero-order valence-corrected chi connectivity index (χ0v) is 10.9. The summed E-state index contributed by atoms with van der Waals surface area (Å²) in [6.07, 6.45) is 0. The Hall–Kier alpha value is -1.81. The van der Waals surface area contributed by atoms with Crippen LogP contribution < -0.4 is 10.3 Å². The van der Waals surface area contributed by atoms with Crippen LogP contribution in [0.3, 0.4) is 0 Å². The topological polar surface area (TPSA) is 44.1 Å². The van der Waals surface area contributed by atoms with Gasteiger partial charge in [0.1, 0.15) is 5.75 Å². The van der Waals surface area contributed by atoms with Crippen LogP contribution in [-0.4, -0.2) is 16.9 Å². The Morgan fingerprint density at radius 2 is 2.11 bits per heavy atom. The molecule has 1 aromatic carbocycles. The molecule has 94 valence electrons. The first-order valence-corrected chi connectivity index (χ1v) is 5.85. The van der Waals surface area contributed by atoms with Crippen molar-refractivity contribution in [3.8, 4) is 5.75 Å². The van der Waals surface area contributed by atoms with Gasteiger partial charge in [0, 0.05) is 11.1 Å². The van der Waals surface area contributed by atoms with Crippen LogP contribution in [0, 0.1) is 6.92 Å². The molecule has 0 aliphatic rings. The van der Waals surface area contributed by atoms with Gasteiger partial charge in [0.2, 0.25) is 0 Å². The number of benzene rings is 1. The van der Waals surface area contributed by atoms with Gasteiger partial charge >= 0.3 is 0 Å². The Labute approximate surface area is 110 Å². The first kappa shape index (κ1) is 12.6. The lowest BCUT2D eigenvalue weighted by Crippen LogP contribution is -2.23. The van der Waals surface area contributed by atoms with E-state index in [0.29, 0.717) is 17.3 Å². The molecular formula is C13H13ClN2O2. The van der Waals surface area contributed by atoms with Gasteiger partial charge in [-0.15, -0.1) is 0 Å². The van der Waals surface area contributed by atoms with Gasteiger partial charge in [-0.2, -0.15) is 5.10 Å². The van der Waals surface area contributed by atoms with Gasteiger partial charge in [0.25, 0.3) is 5.56 Å². The molecule has 0 fully saturated rings. The van der Waals surface area contributed by atoms with Crippen molar-refractivity contribution in [1.29, 1.82) is 0 Å². The molecule has 0 bridgehead atoms. The summed E-state index contributed by atoms with van der Waals surface area (Å²) in [5, 5.41) is 4.76. The molecule has 0 radical (unpaired) electrons. The molecule has 0 unspecified atom stereocenters. The van der Waals surface area contributed by atoms with Crippen molar-refractivity contribution < 1.29 is 4.74 Å². The van der Waals surface area contributed by atoms with Crippen molar-refractivity contribution in [2.45, 2.75) is 13.5 Å². The van der Waals surface area contributed by atoms with Crippen molar-refractivity contribution in [3.63, 3.8) is 0 Å². The summed E-state index contributed by atoms with van der Waals surface area (Å²) in [6.45, 7) is 2.17. The average Bonchev–Trinajstić information content (AvgIpc) is 2.36. The van der Waals surface area contributed by atoms with Gasteiger partial charge in [-0.3, -0.25) is 4.79 Å². The Bertz CT molecular complexity index is 623. The third-order valence-corrected chi connectivity index (χ3v) is 2.94. The predicted molar refractivity (Wildman–Crippen MR) is 70.3 cm³/mol. The minimum Gasteiger partial charge on any atom is -0.497 e. The fraction of sp³-hybridized carbons (Fsp3) is 0.231. The number of rotatable bonds is 3. The summed E-state index contributed by atoms with van der Waals surface area (Å²) in [6, 6.07) is 8.51. The van der Waals surface area contributed by atoms with Crippen molar-refractivity contribution >= 4 is 11.6 Å². The number of ether oxygens (including phenoxy) is 1. The molecule has 0 amide bonds. The maximum Gasteiger partial charge on any atom is 0.267 e. The fourth-order valence-electron chi connectivity index (χ4n) is 1.62. The molecule has 1 aromatic heterocycles. The van der Waals surface area contributed by atoms with Gasteiger partial charge in [0.05, 0.1) is 19.3 Å². The van der Waals surface area contributed by atoms with Crippen LogP contribution in [-0.2, 0) is 6.54 Å². The fourth-order valence-corrected chi connectivity index (χ4v) is 1.80. The summed E-state index contributed by atoms with van der Waals surface area (Å²) in [4.78, 5) is 11.7. The lowest BCUT2D eigenvalue weighted by Gasteiger charge is -2.09. The highest BCUT2D eigenvalue weighted by molar-refractivity contribution is 6.31. The molecule has 0 aliphatic carbocycles. The van der Waals surface area contributed by atoms with Crippen LogP contribution in [0.5, 0.6) is 5.75 Å². The number of methoxy groups -OCH3 is 1. The SMILES string of the molecule is COc1ccc(Cl)c(Cn2nc(C)ccc2=O)c1. The second-order valence-corrected chi connectivity index (χ2v) is 4.34. The molecule has 2 aromatic rings. The highest BCUT2D eigenvalue weighted by Gasteiger charge is 2.06. The number of hydrogen-bond donors (Lipinski definition) is 0. The Morgan fingerprint density at radius 3 is 2.83 bits per heavy atom. The lowest BCUT2D eigenvalue weighted by atomic mass is 10.2. The van der Waals surface area contributed by atoms with Gasteiger partial charge in [-0.05, 0) is 36.8 Å². The number of aromatic nitrogens is 2. The Kier molecular flexibility index (Phi) is 3.67. The van der Waals surface area contributed by atoms with E-state index in [4.69, 9.17) is 16.3 Å². The van der Waals surface area contributed by atoms with Crippen LogP contribution in [0.1, 0.15) is 11.3 Å². The Balaban J connectivity index is 2.39. The number of halogens is 1. The first-order valence-electron chi connectivity index (χ1n) is 5.47. The largest absolute Gasteiger partial charge is 0.497 e. The lowest BCUT2D eigenvalue weighted by molar-refractivity contribution is 0.414. The van der Waals surface area contributed by atoms with E-state index in [2.05, 4.69) is 5.10 Å². The molecule has 0 spiro atoms. The van der Waals surface area contributed by atoms with Crippen molar-refractivity contribution in [2.75, 3.05) is 7.11 Å². The number of aryl methyl sites for hydroxylation is 1. The van der Waals surface area contributed by atoms with Crippen LogP contribution in [0.15, 0.2) is 35.1 Å². The minimum atomic E-state index is -0.153. The monoisotopic (exact) mass is 264 g/mol. The summed E-state index contributed by atoms with van der Waals surface area (Å²) < 4.78 is 6.52. The highest BCUT2D eigenvalue weighted by Crippen LogP contribution is 2.22. The maximum atomic E-state index is 11.7. The van der Waals surface area contributed by atoms with E-state index in [0.717, 1.165) is 11.3 Å². The quantitative estimate of drug-likeness (QED) is 0.854. The maximum absolute atomic E-state index is 11.7. The van der Waals surface area contributed by atoms with Gasteiger partial charge < -0.3 is 4.74 Å². The van der Waals surface area contributed by atoms with Crippen LogP contribution in [0.25, 0.3) is 0 Å². The van der Waals surface area contributed by atoms with Crippen molar-refractivity contribution in [3.05, 3.63) is 57.0 Å². The first-order chi connectivity index (χ1) is 8.60. The zero-order valence-electron chi connectivity index (χ0n) is 10.2. The second-order valence-electron chi connectivity index (χ2n) is 3.93. The summed E-state index contributed by atoms with van der Waals surface area (Å²) in [7, 11) is 1.59. The van der Waals surface area contributed by atoms with Crippen LogP contribution >= 0.6 is 11.6 Å². The molecule has 18 heavy (non-hydrogen) atoms. The second kappa shape index (κ2) is 5.23. The molecule has 1 heterocycles. The van der Waals surface area contributed by atoms with E-state index < -0.39 is 0 Å². The standard InChI is InChI=1S/C13H13ClN2O2/c1-9-3-6-13(17)16(15-9)8-10-7-11(18-2)4-5-12(10)14/h3-7H,8H2,1-2H3. The number of hydrogen-bond acceptors (Lipinski definition) is 3. The van der Waals surface area contributed by atoms with Gasteiger partial charge in [-0.25, -0.2) is 4.68 Å². The zero-order chi connectivity index (χ0) is 13.1. The van der Waals surface area contributed by atoms with E-state index in [-0.39, 0.29) is 5.56 Å². The van der Waals surface area contributed by atoms with E-state index >= 15 is 0 Å². The normalized spacial score (nSPS) is 10.4.